The Balaban J connectivity index is 1.68. The van der Waals surface area contributed by atoms with E-state index in [2.05, 4.69) is 0 Å². The van der Waals surface area contributed by atoms with Crippen LogP contribution in [0.15, 0.2) is 67.3 Å². The highest BCUT2D eigenvalue weighted by atomic mass is 32.2. The number of rotatable bonds is 5. The van der Waals surface area contributed by atoms with Crippen molar-refractivity contribution >= 4 is 10.2 Å². The number of aromatic nitrogens is 2. The van der Waals surface area contributed by atoms with Crippen molar-refractivity contribution in [2.75, 3.05) is 13.1 Å². The zero-order chi connectivity index (χ0) is 21.3. The lowest BCUT2D eigenvalue weighted by Crippen LogP contribution is -2.44. The molecule has 1 unspecified atom stereocenters. The Morgan fingerprint density at radius 3 is 2.07 bits per heavy atom. The number of aryl methyl sites for hydroxylation is 1. The highest BCUT2D eigenvalue weighted by molar-refractivity contribution is 7.87. The van der Waals surface area contributed by atoms with E-state index in [4.69, 9.17) is 0 Å². The lowest BCUT2D eigenvalue weighted by molar-refractivity contribution is -0.670. The van der Waals surface area contributed by atoms with Gasteiger partial charge in [0.15, 0.2) is 0 Å². The van der Waals surface area contributed by atoms with Crippen LogP contribution in [0.5, 0.6) is 0 Å². The lowest BCUT2D eigenvalue weighted by Gasteiger charge is -2.35. The summed E-state index contributed by atoms with van der Waals surface area (Å²) in [6.45, 7) is 0.782. The summed E-state index contributed by atoms with van der Waals surface area (Å²) in [5, 5.41) is 0. The molecule has 1 aliphatic heterocycles. The monoisotopic (exact) mass is 432 g/mol. The van der Waals surface area contributed by atoms with E-state index >= 15 is 0 Å². The fourth-order valence-corrected chi connectivity index (χ4v) is 5.71. The molecular weight excluding hydrogens is 408 g/mol. The van der Waals surface area contributed by atoms with Crippen molar-refractivity contribution in [1.82, 2.24) is 8.28 Å². The van der Waals surface area contributed by atoms with Crippen molar-refractivity contribution in [2.24, 2.45) is 13.0 Å². The predicted octanol–water partition coefficient (Wildman–Crippen LogP) is 3.23. The van der Waals surface area contributed by atoms with Gasteiger partial charge in [0.25, 0.3) is 6.33 Å². The fraction of sp³-hybridized carbons (Fsp3) is 0.318. The van der Waals surface area contributed by atoms with E-state index in [1.54, 1.807) is 42.1 Å². The summed E-state index contributed by atoms with van der Waals surface area (Å²) in [6, 6.07) is 12.5. The van der Waals surface area contributed by atoms with E-state index < -0.39 is 10.2 Å². The largest absolute Gasteiger partial charge is 0.379 e. The summed E-state index contributed by atoms with van der Waals surface area (Å²) in [5.41, 5.74) is 1.78. The molecule has 4 rings (SSSR count). The van der Waals surface area contributed by atoms with Gasteiger partial charge in [0.2, 0.25) is 0 Å². The molecule has 1 fully saturated rings. The van der Waals surface area contributed by atoms with Crippen LogP contribution in [-0.4, -0.2) is 29.8 Å². The van der Waals surface area contributed by atoms with Gasteiger partial charge in [-0.1, -0.05) is 24.3 Å². The Kier molecular flexibility index (Phi) is 5.71. The number of imidazole rings is 1. The molecule has 158 valence electrons. The lowest BCUT2D eigenvalue weighted by atomic mass is 9.77. The van der Waals surface area contributed by atoms with Crippen molar-refractivity contribution in [3.8, 4) is 0 Å². The second-order valence-electron chi connectivity index (χ2n) is 7.76. The maximum absolute atomic E-state index is 13.5. The molecule has 30 heavy (non-hydrogen) atoms. The molecule has 8 heteroatoms. The molecule has 5 nitrogen and oxygen atoms in total. The Morgan fingerprint density at radius 1 is 1.00 bits per heavy atom. The molecule has 0 aliphatic carbocycles. The van der Waals surface area contributed by atoms with E-state index in [-0.39, 0.29) is 23.5 Å². The van der Waals surface area contributed by atoms with Crippen molar-refractivity contribution in [3.05, 3.63) is 90.0 Å². The van der Waals surface area contributed by atoms with Gasteiger partial charge in [0.1, 0.15) is 24.0 Å². The number of piperidine rings is 1. The molecule has 1 aliphatic rings. The van der Waals surface area contributed by atoms with Gasteiger partial charge in [-0.05, 0) is 54.2 Å². The normalized spacial score (nSPS) is 18.1. The SMILES string of the molecule is C[n+]1ccn(S(=O)(=O)N2CCCC(C(c3ccc(F)cc3)c3ccc(F)cc3)C2)c1. The second kappa shape index (κ2) is 8.28. The molecule has 1 aromatic heterocycles. The van der Waals surface area contributed by atoms with Crippen molar-refractivity contribution in [2.45, 2.75) is 18.8 Å². The van der Waals surface area contributed by atoms with Gasteiger partial charge in [-0.15, -0.1) is 3.97 Å². The molecule has 2 aromatic carbocycles. The molecule has 0 spiro atoms. The summed E-state index contributed by atoms with van der Waals surface area (Å²) in [5.74, 6) is -0.839. The first-order chi connectivity index (χ1) is 14.3. The average Bonchev–Trinajstić information content (AvgIpc) is 3.18. The molecule has 0 bridgehead atoms. The summed E-state index contributed by atoms with van der Waals surface area (Å²) in [7, 11) is -1.91. The summed E-state index contributed by atoms with van der Waals surface area (Å²) in [6.07, 6.45) is 6.27. The van der Waals surface area contributed by atoms with Crippen LogP contribution in [0.4, 0.5) is 8.78 Å². The molecule has 1 saturated heterocycles. The summed E-state index contributed by atoms with van der Waals surface area (Å²) in [4.78, 5) is 0. The Morgan fingerprint density at radius 2 is 1.57 bits per heavy atom. The van der Waals surface area contributed by atoms with Crippen LogP contribution in [0, 0.1) is 17.6 Å². The van der Waals surface area contributed by atoms with Gasteiger partial charge in [0.05, 0.1) is 7.05 Å². The predicted molar refractivity (Wildman–Crippen MR) is 109 cm³/mol. The van der Waals surface area contributed by atoms with Crippen LogP contribution in [0.25, 0.3) is 0 Å². The first-order valence-electron chi connectivity index (χ1n) is 9.89. The van der Waals surface area contributed by atoms with Gasteiger partial charge in [-0.2, -0.15) is 12.7 Å². The maximum Gasteiger partial charge on any atom is 0.379 e. The summed E-state index contributed by atoms with van der Waals surface area (Å²) >= 11 is 0. The quantitative estimate of drug-likeness (QED) is 0.581. The number of halogens is 2. The Hall–Kier alpha value is -2.58. The second-order valence-corrected chi connectivity index (χ2v) is 9.59. The minimum Gasteiger partial charge on any atom is -0.238 e. The van der Waals surface area contributed by atoms with Crippen LogP contribution < -0.4 is 4.57 Å². The topological polar surface area (TPSA) is 46.2 Å². The third-order valence-electron chi connectivity index (χ3n) is 5.69. The average molecular weight is 433 g/mol. The molecule has 3 aromatic rings. The zero-order valence-corrected chi connectivity index (χ0v) is 17.5. The van der Waals surface area contributed by atoms with Crippen LogP contribution >= 0.6 is 0 Å². The van der Waals surface area contributed by atoms with Crippen LogP contribution in [0.3, 0.4) is 0 Å². The van der Waals surface area contributed by atoms with E-state index in [1.165, 1.54) is 45.1 Å². The number of hydrogen-bond donors (Lipinski definition) is 0. The molecule has 0 radical (unpaired) electrons. The minimum absolute atomic E-state index is 0.0197. The Bertz CT molecular complexity index is 1070. The highest BCUT2D eigenvalue weighted by Crippen LogP contribution is 2.38. The van der Waals surface area contributed by atoms with E-state index in [1.807, 2.05) is 0 Å². The third kappa shape index (κ3) is 4.15. The van der Waals surface area contributed by atoms with Crippen LogP contribution in [0.1, 0.15) is 29.9 Å². The maximum atomic E-state index is 13.5. The fourth-order valence-electron chi connectivity index (χ4n) is 4.23. The Labute approximate surface area is 175 Å². The molecular formula is C22H24F2N3O2S+. The standard InChI is InChI=1S/C22H24F2N3O2S/c1-25-13-14-27(16-25)30(28,29)26-12-2-3-19(15-26)22(17-4-8-20(23)9-5-17)18-6-10-21(24)11-7-18/h4-11,13-14,16,19,22H,2-3,12,15H2,1H3/q+1. The minimum atomic E-state index is -3.68. The van der Waals surface area contributed by atoms with Gasteiger partial charge in [-0.25, -0.2) is 13.3 Å². The molecule has 0 saturated carbocycles. The van der Waals surface area contributed by atoms with E-state index in [0.29, 0.717) is 13.1 Å². The van der Waals surface area contributed by atoms with Gasteiger partial charge in [0, 0.05) is 19.0 Å². The third-order valence-corrected chi connectivity index (χ3v) is 7.42. The molecule has 0 amide bonds. The number of benzene rings is 2. The van der Waals surface area contributed by atoms with Gasteiger partial charge < -0.3 is 0 Å². The number of nitrogens with zero attached hydrogens (tertiary/aromatic N) is 3. The summed E-state index contributed by atoms with van der Waals surface area (Å²) < 4.78 is 57.6. The van der Waals surface area contributed by atoms with Crippen LogP contribution in [-0.2, 0) is 17.3 Å². The molecule has 1 atom stereocenters. The molecule has 0 N–H and O–H groups in total. The van der Waals surface area contributed by atoms with Gasteiger partial charge >= 0.3 is 10.2 Å². The van der Waals surface area contributed by atoms with E-state index in [9.17, 15) is 17.2 Å². The first kappa shape index (κ1) is 20.7. The van der Waals surface area contributed by atoms with Crippen molar-refractivity contribution < 1.29 is 21.8 Å². The van der Waals surface area contributed by atoms with Crippen LogP contribution in [0.2, 0.25) is 0 Å². The van der Waals surface area contributed by atoms with Crippen molar-refractivity contribution in [1.29, 1.82) is 0 Å². The highest BCUT2D eigenvalue weighted by Gasteiger charge is 2.37. The molecule has 2 heterocycles. The first-order valence-corrected chi connectivity index (χ1v) is 11.3. The smallest absolute Gasteiger partial charge is 0.238 e. The zero-order valence-electron chi connectivity index (χ0n) is 16.7. The van der Waals surface area contributed by atoms with E-state index in [0.717, 1.165) is 24.0 Å². The van der Waals surface area contributed by atoms with Gasteiger partial charge in [-0.3, -0.25) is 0 Å². The number of hydrogen-bond acceptors (Lipinski definition) is 2. The van der Waals surface area contributed by atoms with Crippen molar-refractivity contribution in [3.63, 3.8) is 0 Å².